The lowest BCUT2D eigenvalue weighted by molar-refractivity contribution is 0.407. The molecule has 26 heavy (non-hydrogen) atoms. The average Bonchev–Trinajstić information content (AvgIpc) is 2.61. The number of hydrogen-bond acceptors (Lipinski definition) is 5. The number of nitrogens with zero attached hydrogens (tertiary/aromatic N) is 3. The maximum atomic E-state index is 12.9. The van der Waals surface area contributed by atoms with Gasteiger partial charge < -0.3 is 4.74 Å². The molecule has 0 fully saturated rings. The Kier molecular flexibility index (Phi) is 5.32. The molecule has 136 valence electrons. The van der Waals surface area contributed by atoms with Crippen molar-refractivity contribution in [3.05, 3.63) is 57.6 Å². The molecule has 0 saturated carbocycles. The minimum Gasteiger partial charge on any atom is -0.496 e. The van der Waals surface area contributed by atoms with Crippen LogP contribution in [0, 0.1) is 13.8 Å². The number of methoxy groups -OCH3 is 1. The van der Waals surface area contributed by atoms with Crippen LogP contribution in [0.25, 0.3) is 10.9 Å². The van der Waals surface area contributed by atoms with Gasteiger partial charge in [0.15, 0.2) is 5.16 Å². The van der Waals surface area contributed by atoms with E-state index in [-0.39, 0.29) is 11.6 Å². The second-order valence-electron chi connectivity index (χ2n) is 6.52. The second kappa shape index (κ2) is 7.50. The predicted molar refractivity (Wildman–Crippen MR) is 106 cm³/mol. The second-order valence-corrected chi connectivity index (χ2v) is 7.46. The molecule has 3 aromatic rings. The average molecular weight is 369 g/mol. The first-order valence-electron chi connectivity index (χ1n) is 8.57. The smallest absolute Gasteiger partial charge is 0.262 e. The lowest BCUT2D eigenvalue weighted by Crippen LogP contribution is -2.25. The fourth-order valence-corrected chi connectivity index (χ4v) is 4.18. The van der Waals surface area contributed by atoms with Gasteiger partial charge >= 0.3 is 0 Å². The molecule has 0 aliphatic heterocycles. The van der Waals surface area contributed by atoms with Crippen LogP contribution in [0.2, 0.25) is 0 Å². The van der Waals surface area contributed by atoms with Crippen molar-refractivity contribution in [2.75, 3.05) is 7.11 Å². The summed E-state index contributed by atoms with van der Waals surface area (Å²) in [5.74, 6) is 1.49. The summed E-state index contributed by atoms with van der Waals surface area (Å²) in [5, 5.41) is 1.36. The Morgan fingerprint density at radius 1 is 1.23 bits per heavy atom. The fourth-order valence-electron chi connectivity index (χ4n) is 3.03. The molecule has 0 N–H and O–H groups in total. The minimum absolute atomic E-state index is 0.000678. The number of hydrogen-bond donors (Lipinski definition) is 0. The van der Waals surface area contributed by atoms with Gasteiger partial charge in [-0.3, -0.25) is 14.3 Å². The van der Waals surface area contributed by atoms with E-state index in [1.165, 1.54) is 11.8 Å². The molecular formula is C20H23N3O2S. The fraction of sp³-hybridized carbons (Fsp3) is 0.350. The third kappa shape index (κ3) is 3.33. The summed E-state index contributed by atoms with van der Waals surface area (Å²) in [4.78, 5) is 22.2. The van der Waals surface area contributed by atoms with E-state index in [9.17, 15) is 4.79 Å². The summed E-state index contributed by atoms with van der Waals surface area (Å²) in [6, 6.07) is 7.51. The third-order valence-electron chi connectivity index (χ3n) is 4.38. The van der Waals surface area contributed by atoms with Crippen LogP contribution in [0.15, 0.2) is 40.4 Å². The van der Waals surface area contributed by atoms with E-state index in [4.69, 9.17) is 9.72 Å². The highest BCUT2D eigenvalue weighted by atomic mass is 32.2. The zero-order valence-corrected chi connectivity index (χ0v) is 16.6. The number of para-hydroxylation sites is 1. The van der Waals surface area contributed by atoms with Crippen molar-refractivity contribution in [3.8, 4) is 5.75 Å². The molecule has 2 aromatic heterocycles. The number of fused-ring (bicyclic) bond motifs is 1. The molecule has 0 saturated heterocycles. The number of ether oxygens (including phenoxy) is 1. The Bertz CT molecular complexity index is 1010. The number of benzene rings is 1. The van der Waals surface area contributed by atoms with Crippen LogP contribution >= 0.6 is 11.8 Å². The first-order valence-corrected chi connectivity index (χ1v) is 9.55. The van der Waals surface area contributed by atoms with E-state index in [1.54, 1.807) is 11.7 Å². The van der Waals surface area contributed by atoms with Crippen LogP contribution in [0.1, 0.15) is 36.7 Å². The largest absolute Gasteiger partial charge is 0.496 e. The van der Waals surface area contributed by atoms with Gasteiger partial charge in [0.2, 0.25) is 0 Å². The van der Waals surface area contributed by atoms with E-state index in [1.807, 2.05) is 58.2 Å². The SMILES string of the molecule is COc1c(C)cnc(CSc2nc3ccccc3c(=O)n2C(C)C)c1C. The first kappa shape index (κ1) is 18.5. The number of thioether (sulfide) groups is 1. The number of aryl methyl sites for hydroxylation is 1. The van der Waals surface area contributed by atoms with Crippen molar-refractivity contribution < 1.29 is 4.74 Å². The molecule has 0 spiro atoms. The number of pyridine rings is 1. The van der Waals surface area contributed by atoms with E-state index in [2.05, 4.69) is 4.98 Å². The van der Waals surface area contributed by atoms with Crippen molar-refractivity contribution >= 4 is 22.7 Å². The first-order chi connectivity index (χ1) is 12.4. The zero-order chi connectivity index (χ0) is 18.8. The van der Waals surface area contributed by atoms with Gasteiger partial charge in [0.1, 0.15) is 5.75 Å². The number of aromatic nitrogens is 3. The van der Waals surface area contributed by atoms with E-state index < -0.39 is 0 Å². The number of rotatable bonds is 5. The lowest BCUT2D eigenvalue weighted by Gasteiger charge is -2.17. The van der Waals surface area contributed by atoms with Crippen LogP contribution in [0.4, 0.5) is 0 Å². The minimum atomic E-state index is -0.000678. The summed E-state index contributed by atoms with van der Waals surface area (Å²) in [7, 11) is 1.67. The monoisotopic (exact) mass is 369 g/mol. The molecule has 0 aliphatic rings. The van der Waals surface area contributed by atoms with Crippen LogP contribution in [-0.2, 0) is 5.75 Å². The van der Waals surface area contributed by atoms with E-state index in [0.717, 1.165) is 28.1 Å². The molecule has 0 unspecified atom stereocenters. The van der Waals surface area contributed by atoms with Gasteiger partial charge in [0.05, 0.1) is 23.7 Å². The highest BCUT2D eigenvalue weighted by Gasteiger charge is 2.16. The van der Waals surface area contributed by atoms with E-state index in [0.29, 0.717) is 16.3 Å². The van der Waals surface area contributed by atoms with Gasteiger partial charge in [-0.05, 0) is 39.8 Å². The molecular weight excluding hydrogens is 346 g/mol. The van der Waals surface area contributed by atoms with Crippen LogP contribution in [0.3, 0.4) is 0 Å². The highest BCUT2D eigenvalue weighted by Crippen LogP contribution is 2.29. The molecule has 0 bridgehead atoms. The molecule has 0 radical (unpaired) electrons. The highest BCUT2D eigenvalue weighted by molar-refractivity contribution is 7.98. The van der Waals surface area contributed by atoms with E-state index >= 15 is 0 Å². The summed E-state index contributed by atoms with van der Waals surface area (Å²) < 4.78 is 7.24. The molecule has 0 atom stereocenters. The molecule has 3 rings (SSSR count). The zero-order valence-electron chi connectivity index (χ0n) is 15.7. The van der Waals surface area contributed by atoms with Gasteiger partial charge in [-0.1, -0.05) is 23.9 Å². The third-order valence-corrected chi connectivity index (χ3v) is 5.34. The standard InChI is InChI=1S/C20H23N3O2S/c1-12(2)23-19(24)15-8-6-7-9-16(15)22-20(23)26-11-17-14(4)18(25-5)13(3)10-21-17/h6-10,12H,11H2,1-5H3. The van der Waals surface area contributed by atoms with Crippen molar-refractivity contribution in [1.29, 1.82) is 0 Å². The van der Waals surface area contributed by atoms with Crippen LogP contribution < -0.4 is 10.3 Å². The van der Waals surface area contributed by atoms with Crippen LogP contribution in [-0.4, -0.2) is 21.6 Å². The van der Waals surface area contributed by atoms with Gasteiger partial charge in [0.25, 0.3) is 5.56 Å². The summed E-state index contributed by atoms with van der Waals surface area (Å²) >= 11 is 1.53. The molecule has 5 nitrogen and oxygen atoms in total. The topological polar surface area (TPSA) is 57.0 Å². The summed E-state index contributed by atoms with van der Waals surface area (Å²) in [5.41, 5.74) is 3.71. The molecule has 6 heteroatoms. The van der Waals surface area contributed by atoms with Gasteiger partial charge in [-0.2, -0.15) is 0 Å². The van der Waals surface area contributed by atoms with Crippen LogP contribution in [0.5, 0.6) is 5.75 Å². The van der Waals surface area contributed by atoms with Crippen molar-refractivity contribution in [2.45, 2.75) is 44.6 Å². The maximum Gasteiger partial charge on any atom is 0.262 e. The molecule has 0 aliphatic carbocycles. The predicted octanol–water partition coefficient (Wildman–Crippen LogP) is 4.29. The molecule has 2 heterocycles. The quantitative estimate of drug-likeness (QED) is 0.496. The Morgan fingerprint density at radius 3 is 2.65 bits per heavy atom. The Balaban J connectivity index is 2.02. The Hall–Kier alpha value is -2.34. The van der Waals surface area contributed by atoms with Crippen molar-refractivity contribution in [3.63, 3.8) is 0 Å². The molecule has 0 amide bonds. The normalized spacial score (nSPS) is 11.3. The lowest BCUT2D eigenvalue weighted by atomic mass is 10.1. The maximum absolute atomic E-state index is 12.9. The van der Waals surface area contributed by atoms with Crippen molar-refractivity contribution in [1.82, 2.24) is 14.5 Å². The van der Waals surface area contributed by atoms with Gasteiger partial charge in [0, 0.05) is 29.1 Å². The summed E-state index contributed by atoms with van der Waals surface area (Å²) in [6.07, 6.45) is 1.82. The summed E-state index contributed by atoms with van der Waals surface area (Å²) in [6.45, 7) is 8.00. The van der Waals surface area contributed by atoms with Gasteiger partial charge in [-0.25, -0.2) is 4.98 Å². The van der Waals surface area contributed by atoms with Gasteiger partial charge in [-0.15, -0.1) is 0 Å². The van der Waals surface area contributed by atoms with Crippen molar-refractivity contribution in [2.24, 2.45) is 0 Å². The Labute approximate surface area is 157 Å². The Morgan fingerprint density at radius 2 is 1.96 bits per heavy atom. The molecule has 1 aromatic carbocycles.